The second-order valence-corrected chi connectivity index (χ2v) is 7.29. The molecule has 1 aromatic carbocycles. The minimum Gasteiger partial charge on any atom is -0.477 e. The highest BCUT2D eigenvalue weighted by Gasteiger charge is 2.23. The van der Waals surface area contributed by atoms with Crippen molar-refractivity contribution >= 4 is 34.8 Å². The van der Waals surface area contributed by atoms with Gasteiger partial charge < -0.3 is 15.3 Å². The average molecular weight is 373 g/mol. The van der Waals surface area contributed by atoms with Crippen LogP contribution in [0.1, 0.15) is 55.7 Å². The second kappa shape index (κ2) is 6.87. The molecular formula is C18H19N3O4S. The fraction of sp³-hybridized carbons (Fsp3) is 0.333. The quantitative estimate of drug-likeness (QED) is 0.858. The van der Waals surface area contributed by atoms with Crippen LogP contribution in [-0.2, 0) is 11.2 Å². The zero-order valence-corrected chi connectivity index (χ0v) is 15.5. The number of thiazole rings is 1. The normalized spacial score (nSPS) is 14.7. The highest BCUT2D eigenvalue weighted by atomic mass is 32.1. The van der Waals surface area contributed by atoms with E-state index < -0.39 is 12.0 Å². The number of aromatic nitrogens is 1. The van der Waals surface area contributed by atoms with Crippen molar-refractivity contribution in [3.63, 3.8) is 0 Å². The maximum absolute atomic E-state index is 12.6. The van der Waals surface area contributed by atoms with Crippen molar-refractivity contribution < 1.29 is 19.5 Å². The van der Waals surface area contributed by atoms with Crippen LogP contribution in [0.4, 0.5) is 5.69 Å². The molecule has 0 radical (unpaired) electrons. The Morgan fingerprint density at radius 2 is 2.08 bits per heavy atom. The van der Waals surface area contributed by atoms with Crippen molar-refractivity contribution in [2.24, 2.45) is 0 Å². The van der Waals surface area contributed by atoms with Crippen LogP contribution in [0.25, 0.3) is 0 Å². The Morgan fingerprint density at radius 1 is 1.35 bits per heavy atom. The highest BCUT2D eigenvalue weighted by molar-refractivity contribution is 7.13. The maximum atomic E-state index is 12.6. The van der Waals surface area contributed by atoms with Crippen molar-refractivity contribution in [1.82, 2.24) is 10.3 Å². The minimum atomic E-state index is -1.02. The lowest BCUT2D eigenvalue weighted by molar-refractivity contribution is -0.118. The van der Waals surface area contributed by atoms with Gasteiger partial charge in [-0.1, -0.05) is 0 Å². The molecule has 1 aliphatic heterocycles. The average Bonchev–Trinajstić information content (AvgIpc) is 3.00. The van der Waals surface area contributed by atoms with Gasteiger partial charge in [0.15, 0.2) is 0 Å². The van der Waals surface area contributed by atoms with Crippen LogP contribution in [0.3, 0.4) is 0 Å². The number of carbonyl (C=O) groups excluding carboxylic acids is 2. The summed E-state index contributed by atoms with van der Waals surface area (Å²) in [5, 5.41) is 12.5. The van der Waals surface area contributed by atoms with E-state index in [2.05, 4.69) is 10.3 Å². The molecule has 26 heavy (non-hydrogen) atoms. The Kier molecular flexibility index (Phi) is 4.78. The third-order valence-corrected chi connectivity index (χ3v) is 5.74. The lowest BCUT2D eigenvalue weighted by Gasteiger charge is -2.26. The highest BCUT2D eigenvalue weighted by Crippen LogP contribution is 2.28. The first-order valence-corrected chi connectivity index (χ1v) is 9.00. The van der Waals surface area contributed by atoms with E-state index in [1.807, 2.05) is 0 Å². The van der Waals surface area contributed by atoms with E-state index in [1.54, 1.807) is 44.0 Å². The summed E-state index contributed by atoms with van der Waals surface area (Å²) in [5.41, 5.74) is 2.74. The summed E-state index contributed by atoms with van der Waals surface area (Å²) in [5.74, 6) is -1.21. The van der Waals surface area contributed by atoms with E-state index in [-0.39, 0.29) is 16.7 Å². The molecule has 0 spiro atoms. The third kappa shape index (κ3) is 3.32. The molecule has 3 rings (SSSR count). The van der Waals surface area contributed by atoms with Gasteiger partial charge in [0.1, 0.15) is 9.88 Å². The summed E-state index contributed by atoms with van der Waals surface area (Å²) in [4.78, 5) is 41.5. The topological polar surface area (TPSA) is 99.6 Å². The number of nitrogens with one attached hydrogen (secondary N) is 1. The number of aryl methyl sites for hydroxylation is 2. The SMILES string of the molecule is Cc1nc(C(C)NC(=O)c2ccc3c(c2)CCC(=O)N3C)sc1C(=O)O. The largest absolute Gasteiger partial charge is 0.477 e. The number of aromatic carboxylic acids is 1. The van der Waals surface area contributed by atoms with Gasteiger partial charge in [-0.15, -0.1) is 11.3 Å². The molecule has 0 bridgehead atoms. The van der Waals surface area contributed by atoms with Gasteiger partial charge in [-0.05, 0) is 44.0 Å². The van der Waals surface area contributed by atoms with Gasteiger partial charge in [0.2, 0.25) is 5.91 Å². The van der Waals surface area contributed by atoms with E-state index in [1.165, 1.54) is 0 Å². The van der Waals surface area contributed by atoms with E-state index in [9.17, 15) is 14.4 Å². The van der Waals surface area contributed by atoms with Crippen molar-refractivity contribution in [3.05, 3.63) is 44.9 Å². The van der Waals surface area contributed by atoms with Crippen molar-refractivity contribution in [1.29, 1.82) is 0 Å². The van der Waals surface area contributed by atoms with Gasteiger partial charge in [-0.2, -0.15) is 0 Å². The Labute approximate surface area is 154 Å². The molecule has 2 N–H and O–H groups in total. The summed E-state index contributed by atoms with van der Waals surface area (Å²) in [6, 6.07) is 4.86. The smallest absolute Gasteiger partial charge is 0.347 e. The first kappa shape index (κ1) is 18.1. The van der Waals surface area contributed by atoms with Crippen LogP contribution in [0.5, 0.6) is 0 Å². The van der Waals surface area contributed by atoms with Gasteiger partial charge in [0.05, 0.1) is 11.7 Å². The fourth-order valence-electron chi connectivity index (χ4n) is 2.94. The number of hydrogen-bond donors (Lipinski definition) is 2. The van der Waals surface area contributed by atoms with Gasteiger partial charge in [0.25, 0.3) is 5.91 Å². The number of carboxylic acid groups (broad SMARTS) is 1. The molecule has 0 fully saturated rings. The monoisotopic (exact) mass is 373 g/mol. The molecule has 8 heteroatoms. The lowest BCUT2D eigenvalue weighted by Crippen LogP contribution is -2.32. The number of rotatable bonds is 4. The molecule has 1 aliphatic rings. The summed E-state index contributed by atoms with van der Waals surface area (Å²) in [6.07, 6.45) is 1.05. The Morgan fingerprint density at radius 3 is 2.73 bits per heavy atom. The number of carboxylic acids is 1. The molecule has 2 aromatic rings. The molecule has 136 valence electrons. The third-order valence-electron chi connectivity index (χ3n) is 4.41. The summed E-state index contributed by atoms with van der Waals surface area (Å²) in [6.45, 7) is 3.41. The number of carbonyl (C=O) groups is 3. The lowest BCUT2D eigenvalue weighted by atomic mass is 9.99. The molecule has 1 aromatic heterocycles. The van der Waals surface area contributed by atoms with Crippen LogP contribution < -0.4 is 10.2 Å². The molecule has 0 saturated heterocycles. The Bertz CT molecular complexity index is 906. The van der Waals surface area contributed by atoms with Crippen LogP contribution >= 0.6 is 11.3 Å². The Balaban J connectivity index is 1.77. The predicted octanol–water partition coefficient (Wildman–Crippen LogP) is 2.55. The van der Waals surface area contributed by atoms with Gasteiger partial charge >= 0.3 is 5.97 Å². The summed E-state index contributed by atoms with van der Waals surface area (Å²) >= 11 is 1.07. The first-order valence-electron chi connectivity index (χ1n) is 8.19. The zero-order valence-electron chi connectivity index (χ0n) is 14.7. The van der Waals surface area contributed by atoms with Crippen LogP contribution in [0, 0.1) is 6.92 Å². The molecule has 0 aliphatic carbocycles. The molecule has 1 atom stereocenters. The minimum absolute atomic E-state index is 0.0664. The maximum Gasteiger partial charge on any atom is 0.347 e. The first-order chi connectivity index (χ1) is 12.3. The van der Waals surface area contributed by atoms with E-state index >= 15 is 0 Å². The van der Waals surface area contributed by atoms with E-state index in [0.717, 1.165) is 22.6 Å². The number of fused-ring (bicyclic) bond motifs is 1. The molecule has 0 saturated carbocycles. The van der Waals surface area contributed by atoms with Crippen LogP contribution in [0.15, 0.2) is 18.2 Å². The molecule has 2 amide bonds. The summed E-state index contributed by atoms with van der Waals surface area (Å²) < 4.78 is 0. The van der Waals surface area contributed by atoms with Crippen molar-refractivity contribution in [2.75, 3.05) is 11.9 Å². The molecule has 7 nitrogen and oxygen atoms in total. The standard InChI is InChI=1S/C18H19N3O4S/c1-9-15(18(24)25)26-17(20-9)10(2)19-16(23)12-4-6-13-11(8-12)5-7-14(22)21(13)3/h4,6,8,10H,5,7H2,1-3H3,(H,19,23)(H,24,25). The summed E-state index contributed by atoms with van der Waals surface area (Å²) in [7, 11) is 1.73. The molecule has 2 heterocycles. The van der Waals surface area contributed by atoms with Crippen molar-refractivity contribution in [3.8, 4) is 0 Å². The number of amides is 2. The second-order valence-electron chi connectivity index (χ2n) is 6.26. The van der Waals surface area contributed by atoms with Gasteiger partial charge in [0, 0.05) is 24.7 Å². The van der Waals surface area contributed by atoms with Crippen LogP contribution in [-0.4, -0.2) is 34.9 Å². The van der Waals surface area contributed by atoms with Gasteiger partial charge in [-0.3, -0.25) is 9.59 Å². The number of nitrogens with zero attached hydrogens (tertiary/aromatic N) is 2. The van der Waals surface area contributed by atoms with Crippen molar-refractivity contribution in [2.45, 2.75) is 32.7 Å². The predicted molar refractivity (Wildman–Crippen MR) is 97.9 cm³/mol. The number of benzene rings is 1. The van der Waals surface area contributed by atoms with E-state index in [4.69, 9.17) is 5.11 Å². The Hall–Kier alpha value is -2.74. The van der Waals surface area contributed by atoms with E-state index in [0.29, 0.717) is 29.1 Å². The number of hydrogen-bond acceptors (Lipinski definition) is 5. The number of anilines is 1. The van der Waals surface area contributed by atoms with Crippen LogP contribution in [0.2, 0.25) is 0 Å². The molecular weight excluding hydrogens is 354 g/mol. The fourth-order valence-corrected chi connectivity index (χ4v) is 3.85. The molecule has 1 unspecified atom stereocenters. The zero-order chi connectivity index (χ0) is 19.0. The van der Waals surface area contributed by atoms with Gasteiger partial charge in [-0.25, -0.2) is 9.78 Å².